The molecule has 4 aliphatic rings. The summed E-state index contributed by atoms with van der Waals surface area (Å²) in [5, 5.41) is 5.90. The molecule has 0 aromatic carbocycles. The number of amides is 2. The van der Waals surface area contributed by atoms with E-state index in [1.165, 1.54) is 77.8 Å². The van der Waals surface area contributed by atoms with E-state index in [4.69, 9.17) is 4.74 Å². The van der Waals surface area contributed by atoms with Gasteiger partial charge in [-0.05, 0) is 123 Å². The molecule has 1 aromatic rings. The van der Waals surface area contributed by atoms with Gasteiger partial charge in [-0.1, -0.05) is 29.4 Å². The largest absolute Gasteiger partial charge is 0.447 e. The predicted octanol–water partition coefficient (Wildman–Crippen LogP) is -1.16. The Labute approximate surface area is 809 Å². The first-order valence-corrected chi connectivity index (χ1v) is 48.2. The summed E-state index contributed by atoms with van der Waals surface area (Å²) in [5.74, 6) is 0.272. The molecule has 135 heavy (non-hydrogen) atoms. The summed E-state index contributed by atoms with van der Waals surface area (Å²) in [6.45, 7) is 51.7. The van der Waals surface area contributed by atoms with Gasteiger partial charge in [-0.3, -0.25) is 165 Å². The molecule has 0 spiro atoms. The molecule has 41 heteroatoms. The Morgan fingerprint density at radius 1 is 0.304 bits per heavy atom. The van der Waals surface area contributed by atoms with Crippen LogP contribution in [0.15, 0.2) is 31.4 Å². The van der Waals surface area contributed by atoms with Crippen molar-refractivity contribution in [1.29, 1.82) is 0 Å². The number of alkyl halides is 1. The molecule has 4 saturated heterocycles. The van der Waals surface area contributed by atoms with E-state index >= 15 is 0 Å². The lowest BCUT2D eigenvalue weighted by atomic mass is 10.1. The van der Waals surface area contributed by atoms with Gasteiger partial charge in [-0.2, -0.15) is 0 Å². The number of nitrogens with zero attached hydrogens (tertiary/aromatic N) is 18. The van der Waals surface area contributed by atoms with Crippen molar-refractivity contribution < 1.29 is 95.8 Å². The van der Waals surface area contributed by atoms with Crippen LogP contribution < -0.4 is 10.6 Å². The number of nitrogens with one attached hydrogen (secondary N) is 2. The Morgan fingerprint density at radius 2 is 0.511 bits per heavy atom. The first kappa shape index (κ1) is 123. The van der Waals surface area contributed by atoms with Crippen LogP contribution in [0, 0.1) is 0 Å². The van der Waals surface area contributed by atoms with Crippen molar-refractivity contribution in [3.8, 4) is 0 Å². The zero-order chi connectivity index (χ0) is 101. The topological polar surface area (TPSA) is 427 Å². The lowest BCUT2D eigenvalue weighted by Crippen LogP contribution is -2.55. The second-order valence-electron chi connectivity index (χ2n) is 36.7. The van der Waals surface area contributed by atoms with E-state index in [0.717, 1.165) is 6.42 Å². The lowest BCUT2D eigenvalue weighted by molar-refractivity contribution is -0.122. The lowest BCUT2D eigenvalue weighted by Gasteiger charge is -2.38. The van der Waals surface area contributed by atoms with Crippen LogP contribution in [0.5, 0.6) is 0 Å². The van der Waals surface area contributed by atoms with Crippen molar-refractivity contribution in [2.75, 3.05) is 313 Å². The van der Waals surface area contributed by atoms with Gasteiger partial charge >= 0.3 is 6.09 Å². The van der Waals surface area contributed by atoms with Crippen molar-refractivity contribution in [2.24, 2.45) is 0 Å². The Balaban J connectivity index is 0.000000611. The molecule has 4 aliphatic heterocycles. The van der Waals surface area contributed by atoms with Crippen LogP contribution in [0.25, 0.3) is 0 Å². The number of imidazole rings is 1. The number of aromatic nitrogens is 2. The minimum absolute atomic E-state index is 0.00255. The van der Waals surface area contributed by atoms with Crippen LogP contribution in [-0.2, 0) is 91.0 Å². The van der Waals surface area contributed by atoms with E-state index in [9.17, 15) is 91.1 Å². The van der Waals surface area contributed by atoms with Gasteiger partial charge in [0.2, 0.25) is 11.8 Å². The van der Waals surface area contributed by atoms with Gasteiger partial charge in [0.25, 0.3) is 0 Å². The van der Waals surface area contributed by atoms with Crippen molar-refractivity contribution in [2.45, 2.75) is 148 Å². The third-order valence-electron chi connectivity index (χ3n) is 22.6. The number of hydrogen-bond donors (Lipinski definition) is 2. The molecule has 764 valence electrons. The summed E-state index contributed by atoms with van der Waals surface area (Å²) in [4.78, 5) is 264. The fraction of sp³-hybridized carbons (Fsp3) is 0.745. The minimum atomic E-state index is -0.588. The monoisotopic (exact) mass is 1970 g/mol. The Hall–Kier alpha value is -8.08. The molecule has 0 aliphatic carbocycles. The summed E-state index contributed by atoms with van der Waals surface area (Å²) in [5.41, 5.74) is 0. The molecule has 2 N–H and O–H groups in total. The summed E-state index contributed by atoms with van der Waals surface area (Å²) in [6, 6.07) is -0.665. The van der Waals surface area contributed by atoms with E-state index < -0.39 is 6.09 Å². The smallest absolute Gasteiger partial charge is 0.419 e. The van der Waals surface area contributed by atoms with Crippen LogP contribution in [0.4, 0.5) is 4.79 Å². The predicted molar refractivity (Wildman–Crippen MR) is 519 cm³/mol. The third kappa shape index (κ3) is 59.7. The van der Waals surface area contributed by atoms with Crippen LogP contribution in [-0.4, -0.2) is 536 Å². The van der Waals surface area contributed by atoms with Crippen molar-refractivity contribution in [3.63, 3.8) is 0 Å². The molecule has 4 unspecified atom stereocenters. The van der Waals surface area contributed by atoms with E-state index in [2.05, 4.69) is 69.5 Å². The highest BCUT2D eigenvalue weighted by molar-refractivity contribution is 9.09. The van der Waals surface area contributed by atoms with Gasteiger partial charge in [-0.25, -0.2) is 14.3 Å². The molecule has 5 heterocycles. The number of ketones is 16. The Bertz CT molecular complexity index is 3950. The zero-order valence-corrected chi connectivity index (χ0v) is 85.7. The number of rotatable bonds is 41. The summed E-state index contributed by atoms with van der Waals surface area (Å²) < 4.78 is 6.81. The fourth-order valence-electron chi connectivity index (χ4n) is 16.7. The molecule has 4 atom stereocenters. The maximum Gasteiger partial charge on any atom is 0.419 e. The normalized spacial score (nSPS) is 20.3. The SMILES string of the molecule is C=CC(=O)NCC1CN(CC(C)=O)CCN(CC(C)=O)CCN(CC(C)=O)CCN1CC(C)=O.CC(=O)CN1CCN(CC(C)=O)CCN(CC(C)=O)C(CNC(=O)CBr)CN(CC(C)=O)CC1.CC(=O)CN1CCN(CC(C)=O)CCN(CC(C)=O)C(COC(=O)n2ccnc2)CN(CC(C)=O)CC1.CCC1CN(CC(C)=O)CCN(CC(C)=O)CCN(CC(C)=O)CCN1CC(C)=O. The second-order valence-corrected chi connectivity index (χ2v) is 37.3. The Kier molecular flexibility index (Phi) is 62.7. The van der Waals surface area contributed by atoms with Crippen molar-refractivity contribution in [1.82, 2.24) is 98.6 Å². The number of hydrogen-bond acceptors (Lipinski definition) is 37. The van der Waals surface area contributed by atoms with Gasteiger partial charge in [0.1, 0.15) is 105 Å². The number of carbonyl (C=O) groups is 19. The average Bonchev–Trinajstić information content (AvgIpc) is 1.11. The van der Waals surface area contributed by atoms with E-state index in [-0.39, 0.29) is 206 Å². The molecule has 0 bridgehead atoms. The molecule has 2 amide bonds. The fourth-order valence-corrected chi connectivity index (χ4v) is 16.9. The van der Waals surface area contributed by atoms with Crippen LogP contribution in [0.1, 0.15) is 124 Å². The summed E-state index contributed by atoms with van der Waals surface area (Å²) in [7, 11) is 0. The number of halogens is 1. The standard InChI is InChI=1S/C25H40N6O6.C24H41N5O5.C23H40BrN5O5.C22H40N4O4/c1-20(32)13-27-7-8-28(14-21(2)33)11-12-30(16-23(4)35)24(17-29(10-9-27)15-22(3)34)18-37-25(36)31-6-5-26-19-31;1-6-24(34)25-13-23-18-28(16-21(4)32)10-9-26(14-19(2)30)7-8-27(15-20(3)31)11-12-29(23)17-22(5)33;1-18(30)13-26-5-6-27(14-19(2)31)9-10-29(16-21(4)33)22(12-25-23(34)11-24)17-28(8-7-26)15-20(3)32;1-6-22-17-25(15-20(4)29)10-9-23(13-18(2)27)7-8-24(14-19(3)28)11-12-26(22)16-21(5)30/h5-6,19,24H,7-18H2,1-4H3;6,23H,1,7-18H2,2-5H3,(H,25,34);22H,5-17H2,1-4H3,(H,25,34);22H,6-17H2,1-5H3. The maximum atomic E-state index is 12.5. The first-order chi connectivity index (χ1) is 63.6. The zero-order valence-electron chi connectivity index (χ0n) is 84.1. The van der Waals surface area contributed by atoms with Gasteiger partial charge in [0.15, 0.2) is 0 Å². The average molecular weight is 1970 g/mol. The summed E-state index contributed by atoms with van der Waals surface area (Å²) in [6.07, 6.45) is 5.79. The number of carbonyl (C=O) groups excluding carboxylic acids is 19. The minimum Gasteiger partial charge on any atom is -0.447 e. The van der Waals surface area contributed by atoms with Gasteiger partial charge in [0, 0.05) is 227 Å². The molecule has 0 radical (unpaired) electrons. The highest BCUT2D eigenvalue weighted by atomic mass is 79.9. The first-order valence-electron chi connectivity index (χ1n) is 47.1. The highest BCUT2D eigenvalue weighted by Crippen LogP contribution is 2.16. The second kappa shape index (κ2) is 68.9. The Morgan fingerprint density at radius 3 is 0.733 bits per heavy atom. The highest BCUT2D eigenvalue weighted by Gasteiger charge is 2.33. The van der Waals surface area contributed by atoms with Crippen molar-refractivity contribution >= 4 is 126 Å². The van der Waals surface area contributed by atoms with Crippen LogP contribution >= 0.6 is 15.9 Å². The maximum absolute atomic E-state index is 12.5. The molecule has 4 fully saturated rings. The molecule has 0 saturated carbocycles. The van der Waals surface area contributed by atoms with Gasteiger partial charge in [0.05, 0.1) is 116 Å². The quantitative estimate of drug-likeness (QED) is 0.0576. The third-order valence-corrected chi connectivity index (χ3v) is 23.1. The van der Waals surface area contributed by atoms with E-state index in [1.807, 2.05) is 53.9 Å². The molecular formula is C94H161BrN20O20. The van der Waals surface area contributed by atoms with Crippen LogP contribution in [0.2, 0.25) is 0 Å². The molecule has 5 rings (SSSR count). The number of ether oxygens (including phenoxy) is 1. The van der Waals surface area contributed by atoms with Gasteiger partial charge < -0.3 is 15.4 Å². The van der Waals surface area contributed by atoms with E-state index in [0.29, 0.717) is 236 Å². The van der Waals surface area contributed by atoms with Gasteiger partial charge in [-0.15, -0.1) is 0 Å². The van der Waals surface area contributed by atoms with E-state index in [1.54, 1.807) is 62.3 Å². The molecular weight excluding hydrogens is 1810 g/mol. The molecule has 40 nitrogen and oxygen atoms in total. The number of Topliss-reactive ketones (excluding diaryl/α,β-unsaturated/α-hetero) is 16. The van der Waals surface area contributed by atoms with Crippen LogP contribution in [0.3, 0.4) is 0 Å². The molecule has 1 aromatic heterocycles. The summed E-state index contributed by atoms with van der Waals surface area (Å²) >= 11 is 3.16. The van der Waals surface area contributed by atoms with Crippen molar-refractivity contribution in [3.05, 3.63) is 31.4 Å².